The number of hydrogen-bond donors (Lipinski definition) is 1. The van der Waals surface area contributed by atoms with Crippen LogP contribution in [0.1, 0.15) is 18.1 Å². The van der Waals surface area contributed by atoms with Crippen LogP contribution in [0.4, 0.5) is 5.69 Å². The zero-order valence-electron chi connectivity index (χ0n) is 9.59. The molecule has 0 spiro atoms. The molecule has 0 radical (unpaired) electrons. The zero-order chi connectivity index (χ0) is 11.4. The molecule has 0 heterocycles. The molecule has 0 amide bonds. The van der Waals surface area contributed by atoms with Crippen molar-refractivity contribution in [1.29, 1.82) is 5.26 Å². The zero-order valence-corrected chi connectivity index (χ0v) is 9.59. The Morgan fingerprint density at radius 1 is 1.33 bits per heavy atom. The van der Waals surface area contributed by atoms with Crippen molar-refractivity contribution >= 4 is 5.69 Å². The Balaban J connectivity index is 3.01. The van der Waals surface area contributed by atoms with E-state index in [1.54, 1.807) is 7.11 Å². The normalized spacial score (nSPS) is 11.7. The van der Waals surface area contributed by atoms with Gasteiger partial charge in [-0.25, -0.2) is 0 Å². The topological polar surface area (TPSA) is 45.0 Å². The molecule has 1 aromatic carbocycles. The quantitative estimate of drug-likeness (QED) is 0.823. The maximum Gasteiger partial charge on any atom is 0.122 e. The highest BCUT2D eigenvalue weighted by Gasteiger charge is 2.06. The van der Waals surface area contributed by atoms with E-state index in [1.807, 2.05) is 32.9 Å². The minimum absolute atomic E-state index is 0.184. The highest BCUT2D eigenvalue weighted by molar-refractivity contribution is 5.57. The molecule has 1 unspecified atom stereocenters. The second-order valence-corrected chi connectivity index (χ2v) is 3.63. The highest BCUT2D eigenvalue weighted by atomic mass is 16.5. The molecule has 15 heavy (non-hydrogen) atoms. The van der Waals surface area contributed by atoms with Gasteiger partial charge in [0.2, 0.25) is 0 Å². The molecule has 0 fully saturated rings. The third kappa shape index (κ3) is 2.63. The van der Waals surface area contributed by atoms with Crippen LogP contribution in [0.2, 0.25) is 0 Å². The molecule has 0 aliphatic carbocycles. The van der Waals surface area contributed by atoms with Gasteiger partial charge < -0.3 is 10.1 Å². The van der Waals surface area contributed by atoms with Crippen molar-refractivity contribution in [2.75, 3.05) is 12.4 Å². The van der Waals surface area contributed by atoms with Crippen molar-refractivity contribution < 1.29 is 4.74 Å². The van der Waals surface area contributed by atoms with Gasteiger partial charge in [0.1, 0.15) is 11.8 Å². The predicted molar refractivity (Wildman–Crippen MR) is 61.2 cm³/mol. The Labute approximate surface area is 90.7 Å². The minimum Gasteiger partial charge on any atom is -0.496 e. The molecule has 1 N–H and O–H groups in total. The molecule has 1 rings (SSSR count). The number of nitrogens with zero attached hydrogens (tertiary/aromatic N) is 1. The Morgan fingerprint density at radius 3 is 2.53 bits per heavy atom. The molecule has 80 valence electrons. The predicted octanol–water partition coefficient (Wildman–Crippen LogP) is 2.64. The summed E-state index contributed by atoms with van der Waals surface area (Å²) in [5.74, 6) is 0.877. The van der Waals surface area contributed by atoms with Gasteiger partial charge in [-0.1, -0.05) is 0 Å². The lowest BCUT2D eigenvalue weighted by atomic mass is 10.1. The van der Waals surface area contributed by atoms with E-state index < -0.39 is 0 Å². The van der Waals surface area contributed by atoms with Crippen LogP contribution in [-0.4, -0.2) is 13.2 Å². The Bertz CT molecular complexity index is 393. The summed E-state index contributed by atoms with van der Waals surface area (Å²) in [6, 6.07) is 5.94. The van der Waals surface area contributed by atoms with E-state index in [0.29, 0.717) is 0 Å². The first-order valence-corrected chi connectivity index (χ1v) is 4.90. The van der Waals surface area contributed by atoms with E-state index in [1.165, 1.54) is 0 Å². The molecule has 0 saturated carbocycles. The summed E-state index contributed by atoms with van der Waals surface area (Å²) < 4.78 is 5.22. The molecular weight excluding hydrogens is 188 g/mol. The molecule has 1 atom stereocenters. The smallest absolute Gasteiger partial charge is 0.122 e. The summed E-state index contributed by atoms with van der Waals surface area (Å²) in [5, 5.41) is 11.9. The van der Waals surface area contributed by atoms with E-state index in [2.05, 4.69) is 11.4 Å². The Morgan fingerprint density at radius 2 is 2.00 bits per heavy atom. The number of anilines is 1. The van der Waals surface area contributed by atoms with Gasteiger partial charge in [-0.05, 0) is 44.0 Å². The maximum atomic E-state index is 8.72. The van der Waals surface area contributed by atoms with Crippen molar-refractivity contribution in [3.05, 3.63) is 23.3 Å². The Kier molecular flexibility index (Phi) is 3.56. The van der Waals surface area contributed by atoms with Crippen LogP contribution in [0.15, 0.2) is 12.1 Å². The van der Waals surface area contributed by atoms with Gasteiger partial charge in [-0.3, -0.25) is 0 Å². The van der Waals surface area contributed by atoms with Crippen LogP contribution >= 0.6 is 0 Å². The third-order valence-corrected chi connectivity index (χ3v) is 2.31. The molecule has 0 aromatic heterocycles. The molecule has 1 aromatic rings. The largest absolute Gasteiger partial charge is 0.496 e. The number of ether oxygens (including phenoxy) is 1. The SMILES string of the molecule is COc1cc(C)c(NC(C)C#N)cc1C. The minimum atomic E-state index is -0.184. The number of rotatable bonds is 3. The van der Waals surface area contributed by atoms with Crippen LogP contribution in [-0.2, 0) is 0 Å². The highest BCUT2D eigenvalue weighted by Crippen LogP contribution is 2.26. The average molecular weight is 204 g/mol. The summed E-state index contributed by atoms with van der Waals surface area (Å²) in [5.41, 5.74) is 3.14. The van der Waals surface area contributed by atoms with E-state index in [0.717, 1.165) is 22.6 Å². The van der Waals surface area contributed by atoms with Crippen LogP contribution in [0.25, 0.3) is 0 Å². The first-order chi connectivity index (χ1) is 7.08. The number of aryl methyl sites for hydroxylation is 2. The summed E-state index contributed by atoms with van der Waals surface area (Å²) in [6.45, 7) is 5.81. The monoisotopic (exact) mass is 204 g/mol. The fourth-order valence-electron chi connectivity index (χ4n) is 1.43. The van der Waals surface area contributed by atoms with Crippen molar-refractivity contribution in [3.63, 3.8) is 0 Å². The number of hydrogen-bond acceptors (Lipinski definition) is 3. The van der Waals surface area contributed by atoms with E-state index >= 15 is 0 Å². The lowest BCUT2D eigenvalue weighted by Crippen LogP contribution is -2.13. The average Bonchev–Trinajstić information content (AvgIpc) is 2.22. The summed E-state index contributed by atoms with van der Waals surface area (Å²) in [4.78, 5) is 0. The lowest BCUT2D eigenvalue weighted by molar-refractivity contribution is 0.411. The fourth-order valence-corrected chi connectivity index (χ4v) is 1.43. The van der Waals surface area contributed by atoms with Gasteiger partial charge in [-0.2, -0.15) is 5.26 Å². The molecule has 0 bridgehead atoms. The van der Waals surface area contributed by atoms with E-state index in [9.17, 15) is 0 Å². The van der Waals surface area contributed by atoms with Gasteiger partial charge in [0.25, 0.3) is 0 Å². The van der Waals surface area contributed by atoms with Gasteiger partial charge in [0, 0.05) is 5.69 Å². The molecule has 0 aliphatic rings. The van der Waals surface area contributed by atoms with Gasteiger partial charge in [0.05, 0.1) is 13.2 Å². The van der Waals surface area contributed by atoms with Crippen molar-refractivity contribution in [1.82, 2.24) is 0 Å². The lowest BCUT2D eigenvalue weighted by Gasteiger charge is -2.14. The van der Waals surface area contributed by atoms with Gasteiger partial charge in [0.15, 0.2) is 0 Å². The summed E-state index contributed by atoms with van der Waals surface area (Å²) >= 11 is 0. The van der Waals surface area contributed by atoms with Gasteiger partial charge in [-0.15, -0.1) is 0 Å². The summed E-state index contributed by atoms with van der Waals surface area (Å²) in [7, 11) is 1.66. The molecular formula is C12H16N2O. The van der Waals surface area contributed by atoms with Crippen LogP contribution in [0.5, 0.6) is 5.75 Å². The number of benzene rings is 1. The standard InChI is InChI=1S/C12H16N2O/c1-8-6-12(15-4)9(2)5-11(8)14-10(3)7-13/h5-6,10,14H,1-4H3. The van der Waals surface area contributed by atoms with Crippen molar-refractivity contribution in [2.24, 2.45) is 0 Å². The van der Waals surface area contributed by atoms with Crippen molar-refractivity contribution in [3.8, 4) is 11.8 Å². The van der Waals surface area contributed by atoms with Crippen LogP contribution in [0, 0.1) is 25.2 Å². The Hall–Kier alpha value is -1.69. The number of nitriles is 1. The van der Waals surface area contributed by atoms with Crippen molar-refractivity contribution in [2.45, 2.75) is 26.8 Å². The summed E-state index contributed by atoms with van der Waals surface area (Å²) in [6.07, 6.45) is 0. The molecule has 0 saturated heterocycles. The van der Waals surface area contributed by atoms with E-state index in [-0.39, 0.29) is 6.04 Å². The third-order valence-electron chi connectivity index (χ3n) is 2.31. The second kappa shape index (κ2) is 4.70. The van der Waals surface area contributed by atoms with E-state index in [4.69, 9.17) is 10.00 Å². The fraction of sp³-hybridized carbons (Fsp3) is 0.417. The molecule has 0 aliphatic heterocycles. The number of nitrogens with one attached hydrogen (secondary N) is 1. The second-order valence-electron chi connectivity index (χ2n) is 3.63. The first kappa shape index (κ1) is 11.4. The molecule has 3 heteroatoms. The van der Waals surface area contributed by atoms with Crippen LogP contribution < -0.4 is 10.1 Å². The number of methoxy groups -OCH3 is 1. The first-order valence-electron chi connectivity index (χ1n) is 4.90. The molecule has 3 nitrogen and oxygen atoms in total. The maximum absolute atomic E-state index is 8.72. The van der Waals surface area contributed by atoms with Gasteiger partial charge >= 0.3 is 0 Å². The van der Waals surface area contributed by atoms with Crippen LogP contribution in [0.3, 0.4) is 0 Å².